The van der Waals surface area contributed by atoms with Crippen molar-refractivity contribution >= 4 is 0 Å². The standard InChI is InChI=1S/C18H23NO2/c1-13-6-8-18(15(9-13)11-19-3)21-12-16-10-14(2)5-7-17(16)20-4/h5-10,19H,11-12H2,1-4H3. The van der Waals surface area contributed by atoms with Crippen LogP contribution < -0.4 is 14.8 Å². The van der Waals surface area contributed by atoms with Gasteiger partial charge in [0.05, 0.1) is 7.11 Å². The molecule has 0 saturated heterocycles. The first-order chi connectivity index (χ1) is 10.1. The van der Waals surface area contributed by atoms with Crippen LogP contribution in [0.1, 0.15) is 22.3 Å². The Morgan fingerprint density at radius 1 is 0.905 bits per heavy atom. The second-order valence-corrected chi connectivity index (χ2v) is 5.25. The van der Waals surface area contributed by atoms with E-state index >= 15 is 0 Å². The molecule has 0 atom stereocenters. The number of rotatable bonds is 6. The van der Waals surface area contributed by atoms with Crippen molar-refractivity contribution in [2.75, 3.05) is 14.2 Å². The molecule has 0 saturated carbocycles. The van der Waals surface area contributed by atoms with Crippen LogP contribution in [0, 0.1) is 13.8 Å². The molecule has 0 radical (unpaired) electrons. The average Bonchev–Trinajstić information content (AvgIpc) is 2.47. The number of benzene rings is 2. The molecule has 0 spiro atoms. The first kappa shape index (κ1) is 15.4. The van der Waals surface area contributed by atoms with Crippen molar-refractivity contribution in [3.8, 4) is 11.5 Å². The predicted octanol–water partition coefficient (Wildman–Crippen LogP) is 3.61. The molecular formula is C18H23NO2. The summed E-state index contributed by atoms with van der Waals surface area (Å²) in [4.78, 5) is 0. The number of ether oxygens (including phenoxy) is 2. The Bertz CT molecular complexity index is 608. The van der Waals surface area contributed by atoms with Gasteiger partial charge in [-0.2, -0.15) is 0 Å². The van der Waals surface area contributed by atoms with Crippen LogP contribution in [-0.4, -0.2) is 14.2 Å². The molecule has 0 aliphatic rings. The fraction of sp³-hybridized carbons (Fsp3) is 0.333. The smallest absolute Gasteiger partial charge is 0.125 e. The summed E-state index contributed by atoms with van der Waals surface area (Å²) >= 11 is 0. The molecule has 0 bridgehead atoms. The fourth-order valence-corrected chi connectivity index (χ4v) is 2.35. The zero-order chi connectivity index (χ0) is 15.2. The van der Waals surface area contributed by atoms with Crippen molar-refractivity contribution in [1.29, 1.82) is 0 Å². The highest BCUT2D eigenvalue weighted by Crippen LogP contribution is 2.24. The summed E-state index contributed by atoms with van der Waals surface area (Å²) in [6.45, 7) is 5.46. The minimum Gasteiger partial charge on any atom is -0.496 e. The first-order valence-corrected chi connectivity index (χ1v) is 7.14. The van der Waals surface area contributed by atoms with Gasteiger partial charge in [-0.15, -0.1) is 0 Å². The molecule has 112 valence electrons. The molecule has 21 heavy (non-hydrogen) atoms. The van der Waals surface area contributed by atoms with Crippen LogP contribution in [0.5, 0.6) is 11.5 Å². The van der Waals surface area contributed by atoms with Gasteiger partial charge in [-0.3, -0.25) is 0 Å². The number of aryl methyl sites for hydroxylation is 2. The van der Waals surface area contributed by atoms with E-state index in [-0.39, 0.29) is 0 Å². The third-order valence-electron chi connectivity index (χ3n) is 3.40. The maximum Gasteiger partial charge on any atom is 0.125 e. The van der Waals surface area contributed by atoms with Gasteiger partial charge in [0.25, 0.3) is 0 Å². The lowest BCUT2D eigenvalue weighted by Crippen LogP contribution is -2.08. The molecular weight excluding hydrogens is 262 g/mol. The minimum atomic E-state index is 0.505. The summed E-state index contributed by atoms with van der Waals surface area (Å²) in [7, 11) is 3.63. The summed E-state index contributed by atoms with van der Waals surface area (Å²) in [6.07, 6.45) is 0. The Hall–Kier alpha value is -2.00. The Kier molecular flexibility index (Phi) is 5.23. The molecule has 2 aromatic rings. The Balaban J connectivity index is 2.18. The SMILES string of the molecule is CNCc1cc(C)ccc1OCc1cc(C)ccc1OC. The van der Waals surface area contributed by atoms with Gasteiger partial charge in [0.15, 0.2) is 0 Å². The maximum absolute atomic E-state index is 6.01. The van der Waals surface area contributed by atoms with E-state index < -0.39 is 0 Å². The van der Waals surface area contributed by atoms with Crippen LogP contribution in [-0.2, 0) is 13.2 Å². The molecule has 0 amide bonds. The molecule has 0 aliphatic carbocycles. The molecule has 3 heteroatoms. The molecule has 3 nitrogen and oxygen atoms in total. The highest BCUT2D eigenvalue weighted by molar-refractivity contribution is 5.39. The summed E-state index contributed by atoms with van der Waals surface area (Å²) < 4.78 is 11.4. The van der Waals surface area contributed by atoms with Gasteiger partial charge in [-0.25, -0.2) is 0 Å². The predicted molar refractivity (Wildman–Crippen MR) is 86.0 cm³/mol. The lowest BCUT2D eigenvalue weighted by Gasteiger charge is -2.14. The second kappa shape index (κ2) is 7.14. The van der Waals surface area contributed by atoms with Crippen LogP contribution in [0.4, 0.5) is 0 Å². The quantitative estimate of drug-likeness (QED) is 0.879. The molecule has 0 heterocycles. The summed E-state index contributed by atoms with van der Waals surface area (Å²) in [5, 5.41) is 3.18. The summed E-state index contributed by atoms with van der Waals surface area (Å²) in [5.74, 6) is 1.78. The number of nitrogens with one attached hydrogen (secondary N) is 1. The van der Waals surface area contributed by atoms with Crippen molar-refractivity contribution < 1.29 is 9.47 Å². The molecule has 0 aromatic heterocycles. The summed E-state index contributed by atoms with van der Waals surface area (Å²) in [6, 6.07) is 12.4. The molecule has 0 fully saturated rings. The Morgan fingerprint density at radius 3 is 2.14 bits per heavy atom. The summed E-state index contributed by atoms with van der Waals surface area (Å²) in [5.41, 5.74) is 4.67. The van der Waals surface area contributed by atoms with E-state index in [0.717, 1.165) is 23.6 Å². The van der Waals surface area contributed by atoms with Gasteiger partial charge in [-0.1, -0.05) is 29.3 Å². The molecule has 1 N–H and O–H groups in total. The van der Waals surface area contributed by atoms with E-state index in [1.54, 1.807) is 7.11 Å². The minimum absolute atomic E-state index is 0.505. The highest BCUT2D eigenvalue weighted by atomic mass is 16.5. The van der Waals surface area contributed by atoms with E-state index in [0.29, 0.717) is 6.61 Å². The van der Waals surface area contributed by atoms with Gasteiger partial charge < -0.3 is 14.8 Å². The third-order valence-corrected chi connectivity index (χ3v) is 3.40. The second-order valence-electron chi connectivity index (χ2n) is 5.25. The zero-order valence-electron chi connectivity index (χ0n) is 13.2. The fourth-order valence-electron chi connectivity index (χ4n) is 2.35. The first-order valence-electron chi connectivity index (χ1n) is 7.14. The maximum atomic E-state index is 6.01. The van der Waals surface area contributed by atoms with E-state index in [2.05, 4.69) is 37.4 Å². The van der Waals surface area contributed by atoms with Crippen molar-refractivity contribution in [2.45, 2.75) is 27.0 Å². The lowest BCUT2D eigenvalue weighted by molar-refractivity contribution is 0.293. The molecule has 0 unspecified atom stereocenters. The van der Waals surface area contributed by atoms with Crippen LogP contribution in [0.25, 0.3) is 0 Å². The van der Waals surface area contributed by atoms with Crippen molar-refractivity contribution in [1.82, 2.24) is 5.32 Å². The van der Waals surface area contributed by atoms with E-state index in [9.17, 15) is 0 Å². The van der Waals surface area contributed by atoms with E-state index in [1.807, 2.05) is 25.2 Å². The van der Waals surface area contributed by atoms with Crippen LogP contribution in [0.15, 0.2) is 36.4 Å². The normalized spacial score (nSPS) is 10.5. The number of hydrogen-bond donors (Lipinski definition) is 1. The van der Waals surface area contributed by atoms with Gasteiger partial charge in [0, 0.05) is 17.7 Å². The van der Waals surface area contributed by atoms with Gasteiger partial charge in [0.2, 0.25) is 0 Å². The molecule has 2 aromatic carbocycles. The third kappa shape index (κ3) is 3.99. The average molecular weight is 285 g/mol. The van der Waals surface area contributed by atoms with Gasteiger partial charge in [-0.05, 0) is 39.1 Å². The molecule has 0 aliphatic heterocycles. The number of methoxy groups -OCH3 is 1. The number of hydrogen-bond acceptors (Lipinski definition) is 3. The van der Waals surface area contributed by atoms with Crippen LogP contribution in [0.2, 0.25) is 0 Å². The van der Waals surface area contributed by atoms with Crippen LogP contribution in [0.3, 0.4) is 0 Å². The van der Waals surface area contributed by atoms with E-state index in [4.69, 9.17) is 9.47 Å². The van der Waals surface area contributed by atoms with Crippen molar-refractivity contribution in [3.63, 3.8) is 0 Å². The topological polar surface area (TPSA) is 30.5 Å². The largest absolute Gasteiger partial charge is 0.496 e. The zero-order valence-corrected chi connectivity index (χ0v) is 13.2. The Morgan fingerprint density at radius 2 is 1.52 bits per heavy atom. The highest BCUT2D eigenvalue weighted by Gasteiger charge is 2.07. The lowest BCUT2D eigenvalue weighted by atomic mass is 10.1. The van der Waals surface area contributed by atoms with Gasteiger partial charge >= 0.3 is 0 Å². The molecule has 2 rings (SSSR count). The van der Waals surface area contributed by atoms with Crippen LogP contribution >= 0.6 is 0 Å². The van der Waals surface area contributed by atoms with E-state index in [1.165, 1.54) is 16.7 Å². The Labute approximate surface area is 126 Å². The monoisotopic (exact) mass is 285 g/mol. The van der Waals surface area contributed by atoms with Crippen molar-refractivity contribution in [2.24, 2.45) is 0 Å². The van der Waals surface area contributed by atoms with Gasteiger partial charge in [0.1, 0.15) is 18.1 Å². The van der Waals surface area contributed by atoms with Crippen molar-refractivity contribution in [3.05, 3.63) is 58.7 Å².